The first-order valence-corrected chi connectivity index (χ1v) is 8.47. The molecule has 0 radical (unpaired) electrons. The first-order valence-electron chi connectivity index (χ1n) is 8.47. The highest BCUT2D eigenvalue weighted by Gasteiger charge is 2.29. The molecule has 1 fully saturated rings. The third-order valence-electron chi connectivity index (χ3n) is 4.24. The third-order valence-corrected chi connectivity index (χ3v) is 4.24. The highest BCUT2D eigenvalue weighted by atomic mass is 16.3. The molecular formula is C18H26N2O3. The monoisotopic (exact) mass is 318 g/mol. The van der Waals surface area contributed by atoms with Gasteiger partial charge in [-0.1, -0.05) is 13.0 Å². The third kappa shape index (κ3) is 4.55. The van der Waals surface area contributed by atoms with Gasteiger partial charge in [0.25, 0.3) is 11.8 Å². The lowest BCUT2D eigenvalue weighted by Crippen LogP contribution is -2.35. The van der Waals surface area contributed by atoms with Crippen LogP contribution in [0.2, 0.25) is 0 Å². The van der Waals surface area contributed by atoms with E-state index in [2.05, 4.69) is 5.32 Å². The minimum Gasteiger partial charge on any atom is -0.396 e. The fourth-order valence-corrected chi connectivity index (χ4v) is 3.03. The summed E-state index contributed by atoms with van der Waals surface area (Å²) in [6.07, 6.45) is 4.42. The van der Waals surface area contributed by atoms with Crippen LogP contribution < -0.4 is 5.32 Å². The van der Waals surface area contributed by atoms with Crippen LogP contribution in [0.15, 0.2) is 24.3 Å². The van der Waals surface area contributed by atoms with Crippen molar-refractivity contribution in [3.05, 3.63) is 35.4 Å². The number of rotatable bonds is 7. The SMILES string of the molecule is CCCNC(=O)c1cccc(C(=O)N2CCCC2CCCO)c1. The van der Waals surface area contributed by atoms with E-state index in [9.17, 15) is 9.59 Å². The van der Waals surface area contributed by atoms with Gasteiger partial charge in [0.15, 0.2) is 0 Å². The van der Waals surface area contributed by atoms with Crippen molar-refractivity contribution in [1.82, 2.24) is 10.2 Å². The fourth-order valence-electron chi connectivity index (χ4n) is 3.03. The van der Waals surface area contributed by atoms with Crippen LogP contribution in [0.3, 0.4) is 0 Å². The molecule has 1 aliphatic heterocycles. The highest BCUT2D eigenvalue weighted by Crippen LogP contribution is 2.23. The molecular weight excluding hydrogens is 292 g/mol. The van der Waals surface area contributed by atoms with Crippen molar-refractivity contribution in [1.29, 1.82) is 0 Å². The van der Waals surface area contributed by atoms with Crippen molar-refractivity contribution in [2.45, 2.75) is 45.1 Å². The Morgan fingerprint density at radius 3 is 2.87 bits per heavy atom. The van der Waals surface area contributed by atoms with Gasteiger partial charge in [-0.2, -0.15) is 0 Å². The lowest BCUT2D eigenvalue weighted by Gasteiger charge is -2.24. The van der Waals surface area contributed by atoms with Gasteiger partial charge >= 0.3 is 0 Å². The molecule has 0 saturated carbocycles. The molecule has 1 saturated heterocycles. The Kier molecular flexibility index (Phi) is 6.59. The van der Waals surface area contributed by atoms with Gasteiger partial charge in [-0.3, -0.25) is 9.59 Å². The Labute approximate surface area is 137 Å². The quantitative estimate of drug-likeness (QED) is 0.810. The maximum atomic E-state index is 12.7. The van der Waals surface area contributed by atoms with Crippen LogP contribution in [0.1, 0.15) is 59.7 Å². The van der Waals surface area contributed by atoms with Gasteiger partial charge in [0.1, 0.15) is 0 Å². The Balaban J connectivity index is 2.08. The van der Waals surface area contributed by atoms with Gasteiger partial charge in [-0.05, 0) is 50.3 Å². The molecule has 2 N–H and O–H groups in total. The van der Waals surface area contributed by atoms with Gasteiger partial charge in [-0.15, -0.1) is 0 Å². The Morgan fingerprint density at radius 2 is 2.13 bits per heavy atom. The second kappa shape index (κ2) is 8.67. The number of amides is 2. The number of aliphatic hydroxyl groups excluding tert-OH is 1. The van der Waals surface area contributed by atoms with Crippen LogP contribution in [0.4, 0.5) is 0 Å². The summed E-state index contributed by atoms with van der Waals surface area (Å²) in [5.41, 5.74) is 1.08. The number of nitrogens with one attached hydrogen (secondary N) is 1. The molecule has 23 heavy (non-hydrogen) atoms. The lowest BCUT2D eigenvalue weighted by molar-refractivity contribution is 0.0724. The molecule has 5 nitrogen and oxygen atoms in total. The summed E-state index contributed by atoms with van der Waals surface area (Å²) in [4.78, 5) is 26.7. The topological polar surface area (TPSA) is 69.6 Å². The summed E-state index contributed by atoms with van der Waals surface area (Å²) >= 11 is 0. The summed E-state index contributed by atoms with van der Waals surface area (Å²) in [5, 5.41) is 11.8. The van der Waals surface area contributed by atoms with E-state index in [1.54, 1.807) is 24.3 Å². The number of likely N-dealkylation sites (tertiary alicyclic amines) is 1. The largest absolute Gasteiger partial charge is 0.396 e. The summed E-state index contributed by atoms with van der Waals surface area (Å²) in [6, 6.07) is 7.13. The zero-order valence-electron chi connectivity index (χ0n) is 13.8. The molecule has 2 rings (SSSR count). The van der Waals surface area contributed by atoms with E-state index < -0.39 is 0 Å². The molecule has 0 bridgehead atoms. The van der Waals surface area contributed by atoms with Crippen LogP contribution in [0, 0.1) is 0 Å². The van der Waals surface area contributed by atoms with Gasteiger partial charge in [0.05, 0.1) is 0 Å². The summed E-state index contributed by atoms with van der Waals surface area (Å²) in [5.74, 6) is -0.157. The predicted molar refractivity (Wildman–Crippen MR) is 89.4 cm³/mol. The number of carbonyl (C=O) groups is 2. The molecule has 0 aliphatic carbocycles. The maximum absolute atomic E-state index is 12.7. The Bertz CT molecular complexity index is 545. The van der Waals surface area contributed by atoms with E-state index in [0.29, 0.717) is 24.1 Å². The second-order valence-corrected chi connectivity index (χ2v) is 6.00. The van der Waals surface area contributed by atoms with Crippen molar-refractivity contribution in [2.24, 2.45) is 0 Å². The molecule has 1 aliphatic rings. The second-order valence-electron chi connectivity index (χ2n) is 6.00. The molecule has 1 aromatic rings. The standard InChI is InChI=1S/C18H26N2O3/c1-2-10-19-17(22)14-6-3-7-15(13-14)18(23)20-11-4-8-16(20)9-5-12-21/h3,6-7,13,16,21H,2,4-5,8-12H2,1H3,(H,19,22). The van der Waals surface area contributed by atoms with Crippen LogP contribution in [0.5, 0.6) is 0 Å². The number of aliphatic hydroxyl groups is 1. The van der Waals surface area contributed by atoms with E-state index in [1.807, 2.05) is 11.8 Å². The zero-order chi connectivity index (χ0) is 16.7. The number of carbonyl (C=O) groups excluding carboxylic acids is 2. The van der Waals surface area contributed by atoms with Gasteiger partial charge in [-0.25, -0.2) is 0 Å². The number of hydrogen-bond donors (Lipinski definition) is 2. The molecule has 0 spiro atoms. The van der Waals surface area contributed by atoms with E-state index in [1.165, 1.54) is 0 Å². The van der Waals surface area contributed by atoms with Crippen LogP contribution in [-0.4, -0.2) is 47.6 Å². The Morgan fingerprint density at radius 1 is 1.35 bits per heavy atom. The average molecular weight is 318 g/mol. The summed E-state index contributed by atoms with van der Waals surface area (Å²) in [6.45, 7) is 3.54. The normalized spacial score (nSPS) is 17.3. The minimum absolute atomic E-state index is 0.0180. The smallest absolute Gasteiger partial charge is 0.254 e. The van der Waals surface area contributed by atoms with E-state index in [4.69, 9.17) is 5.11 Å². The molecule has 1 unspecified atom stereocenters. The van der Waals surface area contributed by atoms with E-state index in [0.717, 1.165) is 32.2 Å². The summed E-state index contributed by atoms with van der Waals surface area (Å²) in [7, 11) is 0. The van der Waals surface area contributed by atoms with Gasteiger partial charge < -0.3 is 15.3 Å². The first kappa shape index (κ1) is 17.5. The molecule has 2 amide bonds. The van der Waals surface area contributed by atoms with E-state index >= 15 is 0 Å². The van der Waals surface area contributed by atoms with Crippen molar-refractivity contribution < 1.29 is 14.7 Å². The molecule has 1 heterocycles. The average Bonchev–Trinajstić information content (AvgIpc) is 3.05. The Hall–Kier alpha value is -1.88. The fraction of sp³-hybridized carbons (Fsp3) is 0.556. The molecule has 1 aromatic carbocycles. The van der Waals surface area contributed by atoms with Crippen LogP contribution in [-0.2, 0) is 0 Å². The van der Waals surface area contributed by atoms with Crippen molar-refractivity contribution >= 4 is 11.8 Å². The number of nitrogens with zero attached hydrogens (tertiary/aromatic N) is 1. The number of hydrogen-bond acceptors (Lipinski definition) is 3. The molecule has 5 heteroatoms. The van der Waals surface area contributed by atoms with Gasteiger partial charge in [0, 0.05) is 36.9 Å². The van der Waals surface area contributed by atoms with Crippen LogP contribution in [0.25, 0.3) is 0 Å². The molecule has 0 aromatic heterocycles. The highest BCUT2D eigenvalue weighted by molar-refractivity contribution is 5.99. The summed E-state index contributed by atoms with van der Waals surface area (Å²) < 4.78 is 0. The maximum Gasteiger partial charge on any atom is 0.254 e. The molecule has 126 valence electrons. The first-order chi connectivity index (χ1) is 11.2. The van der Waals surface area contributed by atoms with Crippen molar-refractivity contribution in [3.8, 4) is 0 Å². The van der Waals surface area contributed by atoms with Crippen molar-refractivity contribution in [2.75, 3.05) is 19.7 Å². The predicted octanol–water partition coefficient (Wildman–Crippen LogP) is 2.20. The van der Waals surface area contributed by atoms with Crippen LogP contribution >= 0.6 is 0 Å². The molecule has 1 atom stereocenters. The minimum atomic E-state index is -0.139. The van der Waals surface area contributed by atoms with E-state index in [-0.39, 0.29) is 24.5 Å². The van der Waals surface area contributed by atoms with Crippen molar-refractivity contribution in [3.63, 3.8) is 0 Å². The van der Waals surface area contributed by atoms with Gasteiger partial charge in [0.2, 0.25) is 0 Å². The number of benzene rings is 1. The zero-order valence-corrected chi connectivity index (χ0v) is 13.8. The lowest BCUT2D eigenvalue weighted by atomic mass is 10.1.